The number of carbonyl (C=O) groups excluding carboxylic acids is 1. The lowest BCUT2D eigenvalue weighted by atomic mass is 9.73. The molecule has 1 atom stereocenters. The topological polar surface area (TPSA) is 29.1 Å². The van der Waals surface area contributed by atoms with Gasteiger partial charge in [-0.1, -0.05) is 24.6 Å². The molecule has 1 heterocycles. The third-order valence-corrected chi connectivity index (χ3v) is 4.38. The molecule has 2 nitrogen and oxygen atoms in total. The van der Waals surface area contributed by atoms with E-state index in [9.17, 15) is 9.18 Å². The van der Waals surface area contributed by atoms with Crippen LogP contribution in [0.5, 0.6) is 0 Å². The Bertz CT molecular complexity index is 469. The molecule has 0 amide bonds. The summed E-state index contributed by atoms with van der Waals surface area (Å²) < 4.78 is 13.1. The highest BCUT2D eigenvalue weighted by atomic mass is 35.5. The predicted octanol–water partition coefficient (Wildman–Crippen LogP) is 3.37. The average Bonchev–Trinajstić information content (AvgIpc) is 2.43. The lowest BCUT2D eigenvalue weighted by molar-refractivity contribution is -0.129. The van der Waals surface area contributed by atoms with Crippen molar-refractivity contribution >= 4 is 17.4 Å². The fourth-order valence-corrected chi connectivity index (χ4v) is 2.93. The lowest BCUT2D eigenvalue weighted by Crippen LogP contribution is -2.45. The zero-order chi connectivity index (χ0) is 13.9. The molecule has 1 unspecified atom stereocenters. The van der Waals surface area contributed by atoms with Crippen LogP contribution < -0.4 is 5.32 Å². The van der Waals surface area contributed by atoms with Crippen molar-refractivity contribution in [2.45, 2.75) is 32.6 Å². The molecule has 104 valence electrons. The van der Waals surface area contributed by atoms with Gasteiger partial charge in [0.1, 0.15) is 11.6 Å². The van der Waals surface area contributed by atoms with E-state index in [0.717, 1.165) is 37.9 Å². The molecule has 1 aliphatic rings. The molecule has 1 saturated heterocycles. The van der Waals surface area contributed by atoms with E-state index in [1.807, 2.05) is 0 Å². The molecule has 19 heavy (non-hydrogen) atoms. The smallest absolute Gasteiger partial charge is 0.144 e. The third-order valence-electron chi connectivity index (χ3n) is 4.09. The number of hydrogen-bond acceptors (Lipinski definition) is 2. The number of ketones is 1. The van der Waals surface area contributed by atoms with Crippen molar-refractivity contribution in [2.75, 3.05) is 13.1 Å². The van der Waals surface area contributed by atoms with E-state index in [1.165, 1.54) is 6.07 Å². The Hall–Kier alpha value is -0.930. The van der Waals surface area contributed by atoms with Crippen LogP contribution in [0.1, 0.15) is 31.7 Å². The number of halogens is 2. The minimum atomic E-state index is -0.442. The van der Waals surface area contributed by atoms with Gasteiger partial charge in [-0.25, -0.2) is 4.39 Å². The van der Waals surface area contributed by atoms with Crippen LogP contribution in [-0.4, -0.2) is 18.9 Å². The highest BCUT2D eigenvalue weighted by Crippen LogP contribution is 2.32. The van der Waals surface area contributed by atoms with Crippen LogP contribution in [0.3, 0.4) is 0 Å². The molecule has 1 aromatic rings. The lowest BCUT2D eigenvalue weighted by Gasteiger charge is -2.35. The number of carbonyl (C=O) groups is 1. The quantitative estimate of drug-likeness (QED) is 0.918. The minimum absolute atomic E-state index is 0.0811. The summed E-state index contributed by atoms with van der Waals surface area (Å²) in [7, 11) is 0. The second kappa shape index (κ2) is 6.02. The van der Waals surface area contributed by atoms with Gasteiger partial charge in [0.25, 0.3) is 0 Å². The zero-order valence-electron chi connectivity index (χ0n) is 11.1. The molecule has 1 aliphatic heterocycles. The van der Waals surface area contributed by atoms with Gasteiger partial charge in [-0.15, -0.1) is 0 Å². The molecule has 0 aromatic heterocycles. The number of Topliss-reactive ketones (excluding diaryl/α,β-unsaturated/α-hetero) is 1. The van der Waals surface area contributed by atoms with Crippen molar-refractivity contribution in [3.8, 4) is 0 Å². The van der Waals surface area contributed by atoms with E-state index in [-0.39, 0.29) is 16.2 Å². The van der Waals surface area contributed by atoms with Crippen LogP contribution in [0, 0.1) is 11.2 Å². The van der Waals surface area contributed by atoms with Crippen LogP contribution >= 0.6 is 11.6 Å². The first-order valence-corrected chi connectivity index (χ1v) is 7.13. The summed E-state index contributed by atoms with van der Waals surface area (Å²) in [4.78, 5) is 12.5. The van der Waals surface area contributed by atoms with Crippen molar-refractivity contribution in [3.05, 3.63) is 34.6 Å². The maximum absolute atomic E-state index is 13.1. The summed E-state index contributed by atoms with van der Waals surface area (Å²) >= 11 is 5.75. The van der Waals surface area contributed by atoms with Gasteiger partial charge in [0, 0.05) is 18.4 Å². The summed E-state index contributed by atoms with van der Waals surface area (Å²) in [5.41, 5.74) is 0.522. The van der Waals surface area contributed by atoms with Gasteiger partial charge in [-0.05, 0) is 43.5 Å². The van der Waals surface area contributed by atoms with E-state index >= 15 is 0 Å². The van der Waals surface area contributed by atoms with E-state index in [0.29, 0.717) is 6.42 Å². The monoisotopic (exact) mass is 283 g/mol. The molecule has 1 N–H and O–H groups in total. The summed E-state index contributed by atoms with van der Waals surface area (Å²) in [6, 6.07) is 4.51. The molecule has 4 heteroatoms. The maximum Gasteiger partial charge on any atom is 0.144 e. The van der Waals surface area contributed by atoms with Gasteiger partial charge in [0.2, 0.25) is 0 Å². The Balaban J connectivity index is 2.12. The Morgan fingerprint density at radius 1 is 1.53 bits per heavy atom. The molecule has 1 aromatic carbocycles. The highest BCUT2D eigenvalue weighted by Gasteiger charge is 2.37. The second-order valence-corrected chi connectivity index (χ2v) is 5.67. The Labute approximate surface area is 118 Å². The van der Waals surface area contributed by atoms with Gasteiger partial charge in [0.15, 0.2) is 0 Å². The minimum Gasteiger partial charge on any atom is -0.316 e. The Kier molecular flexibility index (Phi) is 4.58. The molecule has 0 radical (unpaired) electrons. The molecule has 0 saturated carbocycles. The number of benzene rings is 1. The van der Waals surface area contributed by atoms with Crippen LogP contribution in [0.25, 0.3) is 0 Å². The zero-order valence-corrected chi connectivity index (χ0v) is 11.9. The fraction of sp³-hybridized carbons (Fsp3) is 0.533. The van der Waals surface area contributed by atoms with E-state index < -0.39 is 5.82 Å². The molecule has 1 fully saturated rings. The summed E-state index contributed by atoms with van der Waals surface area (Å²) in [6.07, 6.45) is 3.14. The average molecular weight is 284 g/mol. The van der Waals surface area contributed by atoms with Gasteiger partial charge >= 0.3 is 0 Å². The van der Waals surface area contributed by atoms with Crippen LogP contribution in [0.15, 0.2) is 18.2 Å². The molecule has 0 aliphatic carbocycles. The predicted molar refractivity (Wildman–Crippen MR) is 74.9 cm³/mol. The highest BCUT2D eigenvalue weighted by molar-refractivity contribution is 6.30. The van der Waals surface area contributed by atoms with Crippen molar-refractivity contribution in [1.82, 2.24) is 5.32 Å². The van der Waals surface area contributed by atoms with Crippen LogP contribution in [0.4, 0.5) is 4.39 Å². The van der Waals surface area contributed by atoms with Gasteiger partial charge < -0.3 is 5.32 Å². The van der Waals surface area contributed by atoms with Crippen molar-refractivity contribution in [2.24, 2.45) is 5.41 Å². The first-order valence-electron chi connectivity index (χ1n) is 6.75. The first kappa shape index (κ1) is 14.5. The van der Waals surface area contributed by atoms with Crippen LogP contribution in [-0.2, 0) is 11.2 Å². The van der Waals surface area contributed by atoms with Crippen molar-refractivity contribution < 1.29 is 9.18 Å². The molecule has 0 bridgehead atoms. The SMILES string of the molecule is CCC1(C(=O)Cc2ccc(F)c(Cl)c2)CCCNC1. The van der Waals surface area contributed by atoms with E-state index in [2.05, 4.69) is 12.2 Å². The third kappa shape index (κ3) is 3.15. The Morgan fingerprint density at radius 2 is 2.32 bits per heavy atom. The summed E-state index contributed by atoms with van der Waals surface area (Å²) in [5.74, 6) is -0.215. The van der Waals surface area contributed by atoms with Crippen LogP contribution in [0.2, 0.25) is 5.02 Å². The second-order valence-electron chi connectivity index (χ2n) is 5.26. The molecule has 2 rings (SSSR count). The number of nitrogens with one attached hydrogen (secondary N) is 1. The number of hydrogen-bond donors (Lipinski definition) is 1. The van der Waals surface area contributed by atoms with Gasteiger partial charge in [-0.2, -0.15) is 0 Å². The fourth-order valence-electron chi connectivity index (χ4n) is 2.73. The molecule has 0 spiro atoms. The normalized spacial score (nSPS) is 23.3. The maximum atomic E-state index is 13.1. The van der Waals surface area contributed by atoms with E-state index in [1.54, 1.807) is 12.1 Å². The number of rotatable bonds is 4. The van der Waals surface area contributed by atoms with Crippen molar-refractivity contribution in [1.29, 1.82) is 0 Å². The molecular weight excluding hydrogens is 265 g/mol. The standard InChI is InChI=1S/C15H19ClFNO/c1-2-15(6-3-7-18-10-15)14(19)9-11-4-5-13(17)12(16)8-11/h4-5,8,18H,2-3,6-7,9-10H2,1H3. The largest absolute Gasteiger partial charge is 0.316 e. The summed E-state index contributed by atoms with van der Waals surface area (Å²) in [5, 5.41) is 3.39. The molecular formula is C15H19ClFNO. The number of piperidine rings is 1. The van der Waals surface area contributed by atoms with Crippen molar-refractivity contribution in [3.63, 3.8) is 0 Å². The van der Waals surface area contributed by atoms with Gasteiger partial charge in [0.05, 0.1) is 5.02 Å². The van der Waals surface area contributed by atoms with Gasteiger partial charge in [-0.3, -0.25) is 4.79 Å². The summed E-state index contributed by atoms with van der Waals surface area (Å²) in [6.45, 7) is 3.79. The van der Waals surface area contributed by atoms with E-state index in [4.69, 9.17) is 11.6 Å². The Morgan fingerprint density at radius 3 is 2.89 bits per heavy atom. The first-order chi connectivity index (χ1) is 9.07.